The Morgan fingerprint density at radius 1 is 0.347 bits per heavy atom. The van der Waals surface area contributed by atoms with Crippen LogP contribution in [0.1, 0.15) is 0 Å². The molecule has 5 heteroatoms. The van der Waals surface area contributed by atoms with Gasteiger partial charge in [-0.15, -0.1) is 11.3 Å². The zero-order valence-corrected chi connectivity index (χ0v) is 27.2. The lowest BCUT2D eigenvalue weighted by Crippen LogP contribution is -2.00. The van der Waals surface area contributed by atoms with Crippen molar-refractivity contribution in [1.29, 1.82) is 0 Å². The van der Waals surface area contributed by atoms with Crippen molar-refractivity contribution < 1.29 is 0 Å². The van der Waals surface area contributed by atoms with Gasteiger partial charge in [-0.05, 0) is 51.2 Å². The molecule has 0 fully saturated rings. The van der Waals surface area contributed by atoms with E-state index in [1.807, 2.05) is 12.1 Å². The monoisotopic (exact) mass is 644 g/mol. The molecular formula is C44H28N4S. The second kappa shape index (κ2) is 12.4. The Bertz CT molecular complexity index is 2470. The Kier molecular flexibility index (Phi) is 7.30. The van der Waals surface area contributed by atoms with E-state index < -0.39 is 0 Å². The van der Waals surface area contributed by atoms with Crippen LogP contribution in [-0.4, -0.2) is 19.9 Å². The molecular weight excluding hydrogens is 617 g/mol. The fourth-order valence-electron chi connectivity index (χ4n) is 6.24. The van der Waals surface area contributed by atoms with Gasteiger partial charge >= 0.3 is 0 Å². The van der Waals surface area contributed by atoms with Gasteiger partial charge in [0, 0.05) is 22.3 Å². The van der Waals surface area contributed by atoms with Crippen LogP contribution < -0.4 is 0 Å². The van der Waals surface area contributed by atoms with Crippen molar-refractivity contribution in [3.05, 3.63) is 170 Å². The second-order valence-electron chi connectivity index (χ2n) is 11.9. The predicted molar refractivity (Wildman–Crippen MR) is 203 cm³/mol. The third kappa shape index (κ3) is 5.67. The number of thiazole rings is 1. The van der Waals surface area contributed by atoms with Crippen LogP contribution in [-0.2, 0) is 0 Å². The minimum Gasteiger partial charge on any atom is -0.236 e. The topological polar surface area (TPSA) is 51.6 Å². The molecule has 9 aromatic rings. The summed E-state index contributed by atoms with van der Waals surface area (Å²) >= 11 is 1.70. The maximum absolute atomic E-state index is 5.10. The Hall–Kier alpha value is -6.30. The molecule has 2 aromatic heterocycles. The first-order valence-corrected chi connectivity index (χ1v) is 17.0. The van der Waals surface area contributed by atoms with E-state index >= 15 is 0 Å². The molecule has 0 atom stereocenters. The summed E-state index contributed by atoms with van der Waals surface area (Å²) in [6.45, 7) is 0. The second-order valence-corrected chi connectivity index (χ2v) is 13.0. The summed E-state index contributed by atoms with van der Waals surface area (Å²) in [5.41, 5.74) is 9.45. The molecule has 0 aliphatic heterocycles. The van der Waals surface area contributed by atoms with Gasteiger partial charge < -0.3 is 0 Å². The molecule has 9 rings (SSSR count). The minimum absolute atomic E-state index is 0.612. The molecule has 0 bridgehead atoms. The van der Waals surface area contributed by atoms with Crippen LogP contribution in [0.2, 0.25) is 0 Å². The van der Waals surface area contributed by atoms with Gasteiger partial charge in [-0.2, -0.15) is 0 Å². The van der Waals surface area contributed by atoms with Crippen molar-refractivity contribution in [1.82, 2.24) is 19.9 Å². The van der Waals surface area contributed by atoms with E-state index in [1.54, 1.807) is 11.3 Å². The number of rotatable bonds is 6. The zero-order valence-electron chi connectivity index (χ0n) is 26.4. The van der Waals surface area contributed by atoms with E-state index in [2.05, 4.69) is 158 Å². The molecule has 2 heterocycles. The predicted octanol–water partition coefficient (Wildman–Crippen LogP) is 11.6. The number of nitrogens with zero attached hydrogens (tertiary/aromatic N) is 4. The highest BCUT2D eigenvalue weighted by Crippen LogP contribution is 2.36. The van der Waals surface area contributed by atoms with Crippen LogP contribution in [0.15, 0.2) is 170 Å². The number of aromatic nitrogens is 4. The van der Waals surface area contributed by atoms with E-state index in [0.717, 1.165) is 48.6 Å². The van der Waals surface area contributed by atoms with Gasteiger partial charge in [0.1, 0.15) is 5.01 Å². The molecule has 230 valence electrons. The normalized spacial score (nSPS) is 11.3. The Balaban J connectivity index is 1.14. The van der Waals surface area contributed by atoms with E-state index in [-0.39, 0.29) is 0 Å². The van der Waals surface area contributed by atoms with Crippen molar-refractivity contribution in [2.75, 3.05) is 0 Å². The Morgan fingerprint density at radius 2 is 0.816 bits per heavy atom. The minimum atomic E-state index is 0.612. The molecule has 0 aliphatic carbocycles. The molecule has 0 saturated heterocycles. The van der Waals surface area contributed by atoms with E-state index in [4.69, 9.17) is 19.9 Å². The number of benzene rings is 7. The van der Waals surface area contributed by atoms with Crippen LogP contribution in [0, 0.1) is 0 Å². The molecule has 4 nitrogen and oxygen atoms in total. The van der Waals surface area contributed by atoms with Crippen LogP contribution in [0.25, 0.3) is 88.0 Å². The van der Waals surface area contributed by atoms with Crippen molar-refractivity contribution in [3.63, 3.8) is 0 Å². The maximum Gasteiger partial charge on any atom is 0.164 e. The molecule has 0 amide bonds. The smallest absolute Gasteiger partial charge is 0.164 e. The van der Waals surface area contributed by atoms with E-state index in [9.17, 15) is 0 Å². The standard InChI is InChI=1S/C44H28N4S/c1-3-10-29(11-4-1)31-18-22-34(23-19-31)41-46-42(35-24-20-32(21-25-35)30-12-5-2-6-13-30)48-43(47-41)36-26-27-40-39(28-36)45-44(49-40)38-17-9-15-33-14-7-8-16-37(33)38/h1-28H. The third-order valence-corrected chi connectivity index (χ3v) is 9.87. The zero-order chi connectivity index (χ0) is 32.6. The first kappa shape index (κ1) is 28.9. The number of hydrogen-bond acceptors (Lipinski definition) is 5. The highest BCUT2D eigenvalue weighted by Gasteiger charge is 2.15. The van der Waals surface area contributed by atoms with Crippen LogP contribution in [0.5, 0.6) is 0 Å². The Labute approximate surface area is 288 Å². The molecule has 49 heavy (non-hydrogen) atoms. The molecule has 0 N–H and O–H groups in total. The molecule has 0 radical (unpaired) electrons. The summed E-state index contributed by atoms with van der Waals surface area (Å²) < 4.78 is 1.12. The van der Waals surface area contributed by atoms with Crippen LogP contribution in [0.3, 0.4) is 0 Å². The summed E-state index contributed by atoms with van der Waals surface area (Å²) in [6.07, 6.45) is 0. The van der Waals surface area contributed by atoms with Crippen molar-refractivity contribution in [3.8, 4) is 67.0 Å². The lowest BCUT2D eigenvalue weighted by atomic mass is 10.0. The van der Waals surface area contributed by atoms with Crippen LogP contribution >= 0.6 is 11.3 Å². The summed E-state index contributed by atoms with van der Waals surface area (Å²) in [5, 5.41) is 3.41. The molecule has 0 unspecified atom stereocenters. The van der Waals surface area contributed by atoms with Gasteiger partial charge in [-0.3, -0.25) is 0 Å². The maximum atomic E-state index is 5.10. The van der Waals surface area contributed by atoms with Gasteiger partial charge in [-0.25, -0.2) is 19.9 Å². The average molecular weight is 645 g/mol. The van der Waals surface area contributed by atoms with Gasteiger partial charge in [0.15, 0.2) is 17.5 Å². The molecule has 7 aromatic carbocycles. The largest absolute Gasteiger partial charge is 0.236 e. The lowest BCUT2D eigenvalue weighted by Gasteiger charge is -2.10. The van der Waals surface area contributed by atoms with Gasteiger partial charge in [0.2, 0.25) is 0 Å². The van der Waals surface area contributed by atoms with Gasteiger partial charge in [-0.1, -0.05) is 152 Å². The average Bonchev–Trinajstić information content (AvgIpc) is 3.62. The highest BCUT2D eigenvalue weighted by molar-refractivity contribution is 7.21. The summed E-state index contributed by atoms with van der Waals surface area (Å²) in [6, 6.07) is 58.8. The first-order chi connectivity index (χ1) is 24.2. The van der Waals surface area contributed by atoms with Gasteiger partial charge in [0.05, 0.1) is 10.2 Å². The first-order valence-electron chi connectivity index (χ1n) is 16.2. The van der Waals surface area contributed by atoms with Crippen LogP contribution in [0.4, 0.5) is 0 Å². The van der Waals surface area contributed by atoms with Crippen molar-refractivity contribution in [2.24, 2.45) is 0 Å². The third-order valence-electron chi connectivity index (χ3n) is 8.80. The van der Waals surface area contributed by atoms with E-state index in [0.29, 0.717) is 17.5 Å². The lowest BCUT2D eigenvalue weighted by molar-refractivity contribution is 1.07. The summed E-state index contributed by atoms with van der Waals surface area (Å²) in [7, 11) is 0. The highest BCUT2D eigenvalue weighted by atomic mass is 32.1. The fourth-order valence-corrected chi connectivity index (χ4v) is 7.23. The number of hydrogen-bond donors (Lipinski definition) is 0. The Morgan fingerprint density at radius 3 is 1.43 bits per heavy atom. The van der Waals surface area contributed by atoms with Gasteiger partial charge in [0.25, 0.3) is 0 Å². The molecule has 0 spiro atoms. The fraction of sp³-hybridized carbons (Fsp3) is 0. The molecule has 0 aliphatic rings. The van der Waals surface area contributed by atoms with E-state index in [1.165, 1.54) is 21.9 Å². The quantitative estimate of drug-likeness (QED) is 0.181. The summed E-state index contributed by atoms with van der Waals surface area (Å²) in [4.78, 5) is 20.2. The van der Waals surface area contributed by atoms with Crippen molar-refractivity contribution >= 4 is 32.3 Å². The van der Waals surface area contributed by atoms with Crippen molar-refractivity contribution in [2.45, 2.75) is 0 Å². The number of fused-ring (bicyclic) bond motifs is 2. The summed E-state index contributed by atoms with van der Waals surface area (Å²) in [5.74, 6) is 1.86. The molecule has 0 saturated carbocycles. The SMILES string of the molecule is c1ccc(-c2ccc(-c3nc(-c4ccc(-c5ccccc5)cc4)nc(-c4ccc5sc(-c6cccc7ccccc67)nc5c4)n3)cc2)cc1.